The summed E-state index contributed by atoms with van der Waals surface area (Å²) in [5, 5.41) is 7.48. The number of halogens is 1. The van der Waals surface area contributed by atoms with Gasteiger partial charge in [0.25, 0.3) is 0 Å². The first-order valence-electron chi connectivity index (χ1n) is 5.27. The second kappa shape index (κ2) is 6.05. The van der Waals surface area contributed by atoms with Crippen molar-refractivity contribution in [1.29, 1.82) is 0 Å². The largest absolute Gasteiger partial charge is 0.454 e. The van der Waals surface area contributed by atoms with E-state index in [0.717, 1.165) is 35.6 Å². The van der Waals surface area contributed by atoms with Crippen LogP contribution < -0.4 is 5.32 Å². The zero-order valence-corrected chi connectivity index (χ0v) is 11.1. The van der Waals surface area contributed by atoms with E-state index in [4.69, 9.17) is 4.42 Å². The highest BCUT2D eigenvalue weighted by Gasteiger charge is 1.98. The fourth-order valence-electron chi connectivity index (χ4n) is 1.46. The molecular formula is C11H14IN3O. The van der Waals surface area contributed by atoms with Gasteiger partial charge in [-0.25, -0.2) is 0 Å². The molecule has 2 aromatic rings. The Labute approximate surface area is 108 Å². The first-order valence-corrected chi connectivity index (χ1v) is 6.35. The predicted octanol–water partition coefficient (Wildman–Crippen LogP) is 2.26. The number of nitrogens with zero attached hydrogens (tertiary/aromatic N) is 2. The highest BCUT2D eigenvalue weighted by atomic mass is 127. The predicted molar refractivity (Wildman–Crippen MR) is 70.0 cm³/mol. The molecule has 0 aliphatic heterocycles. The molecule has 2 heterocycles. The summed E-state index contributed by atoms with van der Waals surface area (Å²) in [6, 6.07) is 5.92. The van der Waals surface area contributed by atoms with E-state index in [2.05, 4.69) is 33.0 Å². The lowest BCUT2D eigenvalue weighted by molar-refractivity contribution is 0.455. The van der Waals surface area contributed by atoms with E-state index in [9.17, 15) is 0 Å². The molecule has 5 heteroatoms. The van der Waals surface area contributed by atoms with Gasteiger partial charge in [-0.1, -0.05) is 0 Å². The molecule has 0 atom stereocenters. The smallest absolute Gasteiger partial charge is 0.164 e. The number of rotatable bonds is 6. The molecule has 0 aromatic carbocycles. The lowest BCUT2D eigenvalue weighted by Gasteiger charge is -2.03. The molecule has 0 saturated carbocycles. The van der Waals surface area contributed by atoms with E-state index < -0.39 is 0 Å². The van der Waals surface area contributed by atoms with Crippen LogP contribution in [0.4, 0.5) is 0 Å². The Bertz CT molecular complexity index is 411. The molecule has 0 unspecified atom stereocenters. The Kier molecular flexibility index (Phi) is 4.41. The fourth-order valence-corrected chi connectivity index (χ4v) is 1.92. The van der Waals surface area contributed by atoms with Crippen LogP contribution in [0.2, 0.25) is 0 Å². The Balaban J connectivity index is 1.59. The van der Waals surface area contributed by atoms with Gasteiger partial charge in [0, 0.05) is 18.9 Å². The van der Waals surface area contributed by atoms with Gasteiger partial charge in [-0.2, -0.15) is 5.10 Å². The molecule has 0 aliphatic carbocycles. The minimum atomic E-state index is 0.794. The Morgan fingerprint density at radius 1 is 1.44 bits per heavy atom. The number of aryl methyl sites for hydroxylation is 1. The van der Waals surface area contributed by atoms with Crippen molar-refractivity contribution in [2.75, 3.05) is 6.54 Å². The molecule has 2 rings (SSSR count). The third-order valence-electron chi connectivity index (χ3n) is 2.23. The number of hydrogen-bond acceptors (Lipinski definition) is 3. The van der Waals surface area contributed by atoms with Crippen LogP contribution in [-0.2, 0) is 13.1 Å². The van der Waals surface area contributed by atoms with E-state index in [0.29, 0.717) is 0 Å². The van der Waals surface area contributed by atoms with Gasteiger partial charge in [-0.3, -0.25) is 4.68 Å². The molecule has 4 nitrogen and oxygen atoms in total. The molecule has 16 heavy (non-hydrogen) atoms. The lowest BCUT2D eigenvalue weighted by atomic mass is 10.4. The van der Waals surface area contributed by atoms with Crippen LogP contribution in [0.15, 0.2) is 35.0 Å². The Morgan fingerprint density at radius 2 is 2.38 bits per heavy atom. The van der Waals surface area contributed by atoms with Gasteiger partial charge in [0.05, 0.1) is 6.54 Å². The third-order valence-corrected chi connectivity index (χ3v) is 2.81. The molecule has 0 amide bonds. The van der Waals surface area contributed by atoms with Gasteiger partial charge < -0.3 is 9.73 Å². The average molecular weight is 331 g/mol. The molecule has 0 bridgehead atoms. The zero-order valence-electron chi connectivity index (χ0n) is 8.90. The van der Waals surface area contributed by atoms with Gasteiger partial charge in [0.2, 0.25) is 0 Å². The monoisotopic (exact) mass is 331 g/mol. The lowest BCUT2D eigenvalue weighted by Crippen LogP contribution is -2.16. The quantitative estimate of drug-likeness (QED) is 0.652. The molecule has 0 aliphatic rings. The minimum Gasteiger partial charge on any atom is -0.454 e. The topological polar surface area (TPSA) is 43.0 Å². The van der Waals surface area contributed by atoms with E-state index >= 15 is 0 Å². The first kappa shape index (κ1) is 11.7. The molecule has 2 aromatic heterocycles. The second-order valence-electron chi connectivity index (χ2n) is 3.51. The van der Waals surface area contributed by atoms with Crippen molar-refractivity contribution in [3.63, 3.8) is 0 Å². The number of nitrogens with one attached hydrogen (secondary N) is 1. The maximum atomic E-state index is 5.44. The van der Waals surface area contributed by atoms with E-state index in [1.54, 1.807) is 6.20 Å². The second-order valence-corrected chi connectivity index (χ2v) is 4.57. The standard InChI is InChI=1S/C11H14IN3O/c12-11-4-3-10(16-11)9-13-5-1-7-15-8-2-6-14-15/h2-4,6,8,13H,1,5,7,9H2. The molecule has 0 spiro atoms. The summed E-state index contributed by atoms with van der Waals surface area (Å²) < 4.78 is 8.32. The van der Waals surface area contributed by atoms with Crippen molar-refractivity contribution in [3.8, 4) is 0 Å². The van der Waals surface area contributed by atoms with Crippen LogP contribution in [0.1, 0.15) is 12.2 Å². The fraction of sp³-hybridized carbons (Fsp3) is 0.364. The molecule has 86 valence electrons. The molecular weight excluding hydrogens is 317 g/mol. The van der Waals surface area contributed by atoms with Gasteiger partial charge in [0.1, 0.15) is 5.76 Å². The van der Waals surface area contributed by atoms with Crippen molar-refractivity contribution in [2.24, 2.45) is 0 Å². The summed E-state index contributed by atoms with van der Waals surface area (Å²) in [4.78, 5) is 0. The maximum Gasteiger partial charge on any atom is 0.164 e. The van der Waals surface area contributed by atoms with Gasteiger partial charge >= 0.3 is 0 Å². The Morgan fingerprint density at radius 3 is 3.06 bits per heavy atom. The van der Waals surface area contributed by atoms with Crippen molar-refractivity contribution in [3.05, 3.63) is 40.1 Å². The van der Waals surface area contributed by atoms with Crippen LogP contribution in [0.5, 0.6) is 0 Å². The summed E-state index contributed by atoms with van der Waals surface area (Å²) in [7, 11) is 0. The summed E-state index contributed by atoms with van der Waals surface area (Å²) in [6.45, 7) is 2.72. The molecule has 0 fully saturated rings. The summed E-state index contributed by atoms with van der Waals surface area (Å²) in [6.07, 6.45) is 4.85. The molecule has 0 saturated heterocycles. The van der Waals surface area contributed by atoms with Crippen molar-refractivity contribution in [2.45, 2.75) is 19.5 Å². The average Bonchev–Trinajstić information content (AvgIpc) is 2.89. The van der Waals surface area contributed by atoms with Crippen LogP contribution in [0.25, 0.3) is 0 Å². The minimum absolute atomic E-state index is 0.794. The normalized spacial score (nSPS) is 10.8. The highest BCUT2D eigenvalue weighted by molar-refractivity contribution is 14.1. The SMILES string of the molecule is Ic1ccc(CNCCCn2cccn2)o1. The van der Waals surface area contributed by atoms with E-state index in [-0.39, 0.29) is 0 Å². The number of aromatic nitrogens is 2. The van der Waals surface area contributed by atoms with Gasteiger partial charge in [-0.15, -0.1) is 0 Å². The Hall–Kier alpha value is -0.820. The molecule has 1 N–H and O–H groups in total. The summed E-state index contributed by atoms with van der Waals surface area (Å²) in [5.41, 5.74) is 0. The van der Waals surface area contributed by atoms with Crippen LogP contribution in [0, 0.1) is 3.77 Å². The van der Waals surface area contributed by atoms with Crippen molar-refractivity contribution < 1.29 is 4.42 Å². The van der Waals surface area contributed by atoms with Crippen molar-refractivity contribution in [1.82, 2.24) is 15.1 Å². The van der Waals surface area contributed by atoms with E-state index in [1.807, 2.05) is 29.1 Å². The summed E-state index contributed by atoms with van der Waals surface area (Å²) in [5.74, 6) is 0.989. The third kappa shape index (κ3) is 3.64. The number of furan rings is 1. The van der Waals surface area contributed by atoms with Crippen LogP contribution in [-0.4, -0.2) is 16.3 Å². The maximum absolute atomic E-state index is 5.44. The molecule has 0 radical (unpaired) electrons. The van der Waals surface area contributed by atoms with Crippen LogP contribution in [0.3, 0.4) is 0 Å². The zero-order chi connectivity index (χ0) is 11.2. The van der Waals surface area contributed by atoms with E-state index in [1.165, 1.54) is 0 Å². The summed E-state index contributed by atoms with van der Waals surface area (Å²) >= 11 is 2.17. The van der Waals surface area contributed by atoms with Gasteiger partial charge in [0.15, 0.2) is 3.77 Å². The number of hydrogen-bond donors (Lipinski definition) is 1. The van der Waals surface area contributed by atoms with Gasteiger partial charge in [-0.05, 0) is 53.8 Å². The highest BCUT2D eigenvalue weighted by Crippen LogP contribution is 2.09. The first-order chi connectivity index (χ1) is 7.84. The van der Waals surface area contributed by atoms with Crippen molar-refractivity contribution >= 4 is 22.6 Å². The van der Waals surface area contributed by atoms with Crippen LogP contribution >= 0.6 is 22.6 Å².